The Bertz CT molecular complexity index is 497. The first-order chi connectivity index (χ1) is 9.49. The minimum absolute atomic E-state index is 0.181. The van der Waals surface area contributed by atoms with Crippen molar-refractivity contribution >= 4 is 5.78 Å². The van der Waals surface area contributed by atoms with Crippen molar-refractivity contribution in [1.29, 1.82) is 0 Å². The summed E-state index contributed by atoms with van der Waals surface area (Å²) in [4.78, 5) is 12.8. The van der Waals surface area contributed by atoms with Crippen molar-refractivity contribution in [3.05, 3.63) is 28.8 Å². The largest absolute Gasteiger partial charge is 0.496 e. The van der Waals surface area contributed by atoms with E-state index in [-0.39, 0.29) is 5.78 Å². The van der Waals surface area contributed by atoms with Crippen molar-refractivity contribution in [2.45, 2.75) is 58.0 Å². The molecule has 0 heterocycles. The van der Waals surface area contributed by atoms with E-state index in [1.54, 1.807) is 13.2 Å². The smallest absolute Gasteiger partial charge is 0.198 e. The molecule has 1 aliphatic carbocycles. The number of hydrogen-bond acceptors (Lipinski definition) is 3. The van der Waals surface area contributed by atoms with Crippen LogP contribution in [0.4, 0.5) is 0 Å². The number of methoxy groups -OCH3 is 1. The van der Waals surface area contributed by atoms with E-state index >= 15 is 0 Å². The second-order valence-corrected chi connectivity index (χ2v) is 5.86. The molecule has 0 bridgehead atoms. The molecule has 0 aromatic heterocycles. The van der Waals surface area contributed by atoms with Crippen LogP contribution < -0.4 is 4.74 Å². The number of Topliss-reactive ketones (excluding diaryl/α,β-unsaturated/α-hetero) is 1. The lowest BCUT2D eigenvalue weighted by atomic mass is 9.85. The highest BCUT2D eigenvalue weighted by Crippen LogP contribution is 2.34. The molecule has 3 nitrogen and oxygen atoms in total. The van der Waals surface area contributed by atoms with Gasteiger partial charge in [-0.05, 0) is 43.9 Å². The number of aryl methyl sites for hydroxylation is 1. The average Bonchev–Trinajstić information content (AvgIpc) is 2.66. The van der Waals surface area contributed by atoms with Gasteiger partial charge in [0, 0.05) is 0 Å². The van der Waals surface area contributed by atoms with Crippen LogP contribution in [-0.4, -0.2) is 23.6 Å². The Hall–Kier alpha value is -1.35. The fraction of sp³-hybridized carbons (Fsp3) is 0.588. The van der Waals surface area contributed by atoms with Gasteiger partial charge in [0.05, 0.1) is 12.7 Å². The van der Waals surface area contributed by atoms with Gasteiger partial charge in [0.25, 0.3) is 0 Å². The van der Waals surface area contributed by atoms with Gasteiger partial charge in [0.1, 0.15) is 11.4 Å². The zero-order chi connectivity index (χ0) is 14.8. The van der Waals surface area contributed by atoms with Crippen LogP contribution in [-0.2, 0) is 0 Å². The molecule has 3 heteroatoms. The molecule has 0 atom stereocenters. The average molecular weight is 276 g/mol. The molecular weight excluding hydrogens is 252 g/mol. The van der Waals surface area contributed by atoms with E-state index in [2.05, 4.69) is 0 Å². The predicted molar refractivity (Wildman–Crippen MR) is 79.5 cm³/mol. The van der Waals surface area contributed by atoms with E-state index < -0.39 is 5.60 Å². The minimum atomic E-state index is -1.22. The zero-order valence-electron chi connectivity index (χ0n) is 12.7. The highest BCUT2D eigenvalue weighted by Gasteiger charge is 2.38. The van der Waals surface area contributed by atoms with E-state index in [4.69, 9.17) is 4.74 Å². The number of aliphatic hydroxyl groups is 1. The molecular formula is C17H24O3. The molecule has 2 rings (SSSR count). The number of rotatable bonds is 3. The summed E-state index contributed by atoms with van der Waals surface area (Å²) in [5, 5.41) is 10.7. The first-order valence-electron chi connectivity index (χ1n) is 7.41. The SMILES string of the molecule is COc1c(C(=O)C2(O)CCCCCC2)ccc(C)c1C. The number of ether oxygens (including phenoxy) is 1. The molecule has 1 aromatic carbocycles. The molecule has 1 fully saturated rings. The van der Waals surface area contributed by atoms with Gasteiger partial charge in [0.2, 0.25) is 0 Å². The molecule has 1 saturated carbocycles. The Morgan fingerprint density at radius 1 is 1.15 bits per heavy atom. The summed E-state index contributed by atoms with van der Waals surface area (Å²) in [7, 11) is 1.58. The van der Waals surface area contributed by atoms with Crippen LogP contribution in [0.5, 0.6) is 5.75 Å². The third-order valence-electron chi connectivity index (χ3n) is 4.48. The minimum Gasteiger partial charge on any atom is -0.496 e. The number of benzene rings is 1. The summed E-state index contributed by atoms with van der Waals surface area (Å²) >= 11 is 0. The maximum atomic E-state index is 12.8. The van der Waals surface area contributed by atoms with Crippen LogP contribution in [0.2, 0.25) is 0 Å². The summed E-state index contributed by atoms with van der Waals surface area (Å²) in [6.07, 6.45) is 5.13. The molecule has 0 spiro atoms. The second-order valence-electron chi connectivity index (χ2n) is 5.86. The molecule has 20 heavy (non-hydrogen) atoms. The van der Waals surface area contributed by atoms with Crippen molar-refractivity contribution < 1.29 is 14.6 Å². The van der Waals surface area contributed by atoms with Gasteiger partial charge < -0.3 is 9.84 Å². The standard InChI is InChI=1S/C17H24O3/c1-12-8-9-14(15(20-3)13(12)2)16(18)17(19)10-6-4-5-7-11-17/h8-9,19H,4-7,10-11H2,1-3H3. The first kappa shape index (κ1) is 15.0. The molecule has 0 saturated heterocycles. The predicted octanol–water partition coefficient (Wildman–Crippen LogP) is 3.58. The number of carbonyl (C=O) groups is 1. The number of carbonyl (C=O) groups excluding carboxylic acids is 1. The van der Waals surface area contributed by atoms with E-state index in [1.807, 2.05) is 19.9 Å². The fourth-order valence-electron chi connectivity index (χ4n) is 3.02. The van der Waals surface area contributed by atoms with Crippen LogP contribution in [0.3, 0.4) is 0 Å². The van der Waals surface area contributed by atoms with Crippen molar-refractivity contribution in [2.75, 3.05) is 7.11 Å². The first-order valence-corrected chi connectivity index (χ1v) is 7.41. The normalized spacial score (nSPS) is 18.4. The summed E-state index contributed by atoms with van der Waals surface area (Å²) in [6.45, 7) is 3.94. The number of ketones is 1. The molecule has 0 unspecified atom stereocenters. The topological polar surface area (TPSA) is 46.5 Å². The Balaban J connectivity index is 2.40. The van der Waals surface area contributed by atoms with Gasteiger partial charge in [-0.2, -0.15) is 0 Å². The van der Waals surface area contributed by atoms with E-state index in [0.29, 0.717) is 24.2 Å². The second kappa shape index (κ2) is 5.96. The monoisotopic (exact) mass is 276 g/mol. The summed E-state index contributed by atoms with van der Waals surface area (Å²) < 4.78 is 5.41. The Morgan fingerprint density at radius 2 is 1.75 bits per heavy atom. The number of hydrogen-bond donors (Lipinski definition) is 1. The van der Waals surface area contributed by atoms with Crippen LogP contribution in [0.15, 0.2) is 12.1 Å². The molecule has 110 valence electrons. The summed E-state index contributed by atoms with van der Waals surface area (Å²) in [6, 6.07) is 3.71. The summed E-state index contributed by atoms with van der Waals surface area (Å²) in [5.74, 6) is 0.423. The highest BCUT2D eigenvalue weighted by atomic mass is 16.5. The maximum absolute atomic E-state index is 12.8. The zero-order valence-corrected chi connectivity index (χ0v) is 12.7. The van der Waals surface area contributed by atoms with Crippen LogP contribution >= 0.6 is 0 Å². The van der Waals surface area contributed by atoms with Crippen LogP contribution in [0, 0.1) is 13.8 Å². The van der Waals surface area contributed by atoms with Crippen LogP contribution in [0.25, 0.3) is 0 Å². The molecule has 1 aliphatic rings. The van der Waals surface area contributed by atoms with Gasteiger partial charge in [-0.3, -0.25) is 4.79 Å². The molecule has 1 aromatic rings. The third kappa shape index (κ3) is 2.73. The molecule has 0 amide bonds. The molecule has 0 radical (unpaired) electrons. The van der Waals surface area contributed by atoms with Gasteiger partial charge in [-0.15, -0.1) is 0 Å². The summed E-state index contributed by atoms with van der Waals surface area (Å²) in [5.41, 5.74) is 1.35. The van der Waals surface area contributed by atoms with Gasteiger partial charge in [-0.1, -0.05) is 31.7 Å². The molecule has 0 aliphatic heterocycles. The quantitative estimate of drug-likeness (QED) is 0.678. The molecule has 1 N–H and O–H groups in total. The van der Waals surface area contributed by atoms with Crippen molar-refractivity contribution in [1.82, 2.24) is 0 Å². The van der Waals surface area contributed by atoms with E-state index in [1.165, 1.54) is 0 Å². The van der Waals surface area contributed by atoms with Gasteiger partial charge in [-0.25, -0.2) is 0 Å². The van der Waals surface area contributed by atoms with Gasteiger partial charge >= 0.3 is 0 Å². The Labute approximate surface area is 121 Å². The lowest BCUT2D eigenvalue weighted by Crippen LogP contribution is -2.38. The van der Waals surface area contributed by atoms with Gasteiger partial charge in [0.15, 0.2) is 5.78 Å². The Morgan fingerprint density at radius 3 is 2.30 bits per heavy atom. The fourth-order valence-corrected chi connectivity index (χ4v) is 3.02. The highest BCUT2D eigenvalue weighted by molar-refractivity contribution is 6.04. The van der Waals surface area contributed by atoms with Crippen molar-refractivity contribution in [3.63, 3.8) is 0 Å². The Kier molecular flexibility index (Phi) is 4.48. The third-order valence-corrected chi connectivity index (χ3v) is 4.48. The van der Waals surface area contributed by atoms with E-state index in [9.17, 15) is 9.90 Å². The van der Waals surface area contributed by atoms with Crippen molar-refractivity contribution in [2.24, 2.45) is 0 Å². The van der Waals surface area contributed by atoms with Crippen molar-refractivity contribution in [3.8, 4) is 5.75 Å². The van der Waals surface area contributed by atoms with Crippen LogP contribution in [0.1, 0.15) is 60.0 Å². The lowest BCUT2D eigenvalue weighted by molar-refractivity contribution is 0.0235. The lowest BCUT2D eigenvalue weighted by Gasteiger charge is -2.26. The maximum Gasteiger partial charge on any atom is 0.198 e. The van der Waals surface area contributed by atoms with E-state index in [0.717, 1.165) is 36.8 Å².